The topological polar surface area (TPSA) is 62.5 Å². The number of aliphatic hydroxyl groups is 1. The van der Waals surface area contributed by atoms with Gasteiger partial charge < -0.3 is 14.8 Å². The first-order valence-corrected chi connectivity index (χ1v) is 6.39. The molecule has 0 saturated carbocycles. The van der Waals surface area contributed by atoms with Gasteiger partial charge in [-0.05, 0) is 25.0 Å². The molecule has 1 atom stereocenters. The van der Waals surface area contributed by atoms with Crippen LogP contribution in [0.2, 0.25) is 0 Å². The first-order chi connectivity index (χ1) is 8.90. The number of hydrogen-bond donors (Lipinski definition) is 2. The predicted octanol–water partition coefficient (Wildman–Crippen LogP) is 2.57. The van der Waals surface area contributed by atoms with Gasteiger partial charge in [-0.25, -0.2) is 0 Å². The lowest BCUT2D eigenvalue weighted by atomic mass is 9.92. The maximum atomic E-state index is 12.0. The van der Waals surface area contributed by atoms with Crippen molar-refractivity contribution in [2.24, 2.45) is 5.92 Å². The second kappa shape index (κ2) is 5.05. The number of benzene rings is 1. The van der Waals surface area contributed by atoms with Gasteiger partial charge in [-0.1, -0.05) is 32.0 Å². The molecule has 1 unspecified atom stereocenters. The Morgan fingerprint density at radius 2 is 2.11 bits per heavy atom. The zero-order chi connectivity index (χ0) is 14.0. The first-order valence-electron chi connectivity index (χ1n) is 6.39. The van der Waals surface area contributed by atoms with Crippen molar-refractivity contribution in [2.75, 3.05) is 6.54 Å². The number of hydrogen-bond acceptors (Lipinski definition) is 3. The van der Waals surface area contributed by atoms with Crippen LogP contribution in [0.4, 0.5) is 0 Å². The fourth-order valence-electron chi connectivity index (χ4n) is 1.64. The molecule has 0 aliphatic carbocycles. The van der Waals surface area contributed by atoms with Gasteiger partial charge in [-0.3, -0.25) is 4.79 Å². The molecule has 0 saturated heterocycles. The van der Waals surface area contributed by atoms with Gasteiger partial charge in [-0.15, -0.1) is 0 Å². The van der Waals surface area contributed by atoms with Crippen molar-refractivity contribution in [1.82, 2.24) is 5.32 Å². The molecule has 19 heavy (non-hydrogen) atoms. The Morgan fingerprint density at radius 1 is 1.42 bits per heavy atom. The molecule has 0 aliphatic heterocycles. The van der Waals surface area contributed by atoms with E-state index in [1.807, 2.05) is 38.1 Å². The predicted molar refractivity (Wildman–Crippen MR) is 74.0 cm³/mol. The average Bonchev–Trinajstić information content (AvgIpc) is 2.79. The Balaban J connectivity index is 2.08. The van der Waals surface area contributed by atoms with E-state index in [9.17, 15) is 9.90 Å². The standard InChI is InChI=1S/C15H19NO3/c1-10(2)15(3,18)9-16-14(17)13-8-11-6-4-5-7-12(11)19-13/h4-8,10,18H,9H2,1-3H3,(H,16,17). The Kier molecular flexibility index (Phi) is 3.62. The lowest BCUT2D eigenvalue weighted by molar-refractivity contribution is 0.0140. The van der Waals surface area contributed by atoms with Crippen molar-refractivity contribution in [3.8, 4) is 0 Å². The van der Waals surface area contributed by atoms with Gasteiger partial charge in [0, 0.05) is 11.9 Å². The Labute approximate surface area is 112 Å². The minimum absolute atomic E-state index is 0.0588. The summed E-state index contributed by atoms with van der Waals surface area (Å²) in [5.41, 5.74) is -0.245. The molecule has 2 aromatic rings. The van der Waals surface area contributed by atoms with Crippen molar-refractivity contribution in [3.05, 3.63) is 36.1 Å². The molecule has 0 fully saturated rings. The van der Waals surface area contributed by atoms with Crippen LogP contribution in [0.3, 0.4) is 0 Å². The van der Waals surface area contributed by atoms with Crippen LogP contribution in [0.1, 0.15) is 31.3 Å². The highest BCUT2D eigenvalue weighted by molar-refractivity contribution is 5.96. The molecule has 1 aromatic heterocycles. The van der Waals surface area contributed by atoms with Crippen LogP contribution in [-0.4, -0.2) is 23.2 Å². The lowest BCUT2D eigenvalue weighted by Gasteiger charge is -2.27. The molecule has 4 heteroatoms. The van der Waals surface area contributed by atoms with E-state index in [0.29, 0.717) is 5.58 Å². The van der Waals surface area contributed by atoms with E-state index in [2.05, 4.69) is 5.32 Å². The molecule has 1 heterocycles. The van der Waals surface area contributed by atoms with E-state index in [1.165, 1.54) is 0 Å². The van der Waals surface area contributed by atoms with Gasteiger partial charge in [-0.2, -0.15) is 0 Å². The molecule has 1 aromatic carbocycles. The number of furan rings is 1. The van der Waals surface area contributed by atoms with Crippen LogP contribution in [-0.2, 0) is 0 Å². The van der Waals surface area contributed by atoms with Crippen LogP contribution in [0.5, 0.6) is 0 Å². The number of rotatable bonds is 4. The lowest BCUT2D eigenvalue weighted by Crippen LogP contribution is -2.44. The zero-order valence-corrected chi connectivity index (χ0v) is 11.4. The summed E-state index contributed by atoms with van der Waals surface area (Å²) in [6.07, 6.45) is 0. The van der Waals surface area contributed by atoms with Crippen LogP contribution < -0.4 is 5.32 Å². The molecule has 0 spiro atoms. The third-order valence-electron chi connectivity index (χ3n) is 3.50. The quantitative estimate of drug-likeness (QED) is 0.889. The van der Waals surface area contributed by atoms with Crippen LogP contribution in [0.25, 0.3) is 11.0 Å². The number of carbonyl (C=O) groups is 1. The van der Waals surface area contributed by atoms with E-state index in [0.717, 1.165) is 5.39 Å². The summed E-state index contributed by atoms with van der Waals surface area (Å²) in [5.74, 6) is 0.0151. The largest absolute Gasteiger partial charge is 0.451 e. The number of fused-ring (bicyclic) bond motifs is 1. The number of nitrogens with one attached hydrogen (secondary N) is 1. The van der Waals surface area contributed by atoms with Gasteiger partial charge in [0.2, 0.25) is 0 Å². The van der Waals surface area contributed by atoms with E-state index in [-0.39, 0.29) is 24.1 Å². The van der Waals surface area contributed by atoms with Crippen LogP contribution >= 0.6 is 0 Å². The van der Waals surface area contributed by atoms with E-state index >= 15 is 0 Å². The van der Waals surface area contributed by atoms with Gasteiger partial charge in [0.1, 0.15) is 5.58 Å². The van der Waals surface area contributed by atoms with Crippen molar-refractivity contribution < 1.29 is 14.3 Å². The van der Waals surface area contributed by atoms with Crippen molar-refractivity contribution in [2.45, 2.75) is 26.4 Å². The molecule has 0 aliphatic rings. The normalized spacial score (nSPS) is 14.6. The van der Waals surface area contributed by atoms with Gasteiger partial charge in [0.25, 0.3) is 5.91 Å². The Bertz CT molecular complexity index is 551. The number of para-hydroxylation sites is 1. The fraction of sp³-hybridized carbons (Fsp3) is 0.400. The molecule has 0 radical (unpaired) electrons. The minimum Gasteiger partial charge on any atom is -0.451 e. The Morgan fingerprint density at radius 3 is 2.74 bits per heavy atom. The Hall–Kier alpha value is -1.81. The highest BCUT2D eigenvalue weighted by Crippen LogP contribution is 2.19. The van der Waals surface area contributed by atoms with E-state index < -0.39 is 5.60 Å². The van der Waals surface area contributed by atoms with E-state index in [1.54, 1.807) is 13.0 Å². The monoisotopic (exact) mass is 261 g/mol. The number of amides is 1. The van der Waals surface area contributed by atoms with Crippen LogP contribution in [0.15, 0.2) is 34.7 Å². The maximum Gasteiger partial charge on any atom is 0.287 e. The maximum absolute atomic E-state index is 12.0. The fourth-order valence-corrected chi connectivity index (χ4v) is 1.64. The molecular weight excluding hydrogens is 242 g/mol. The van der Waals surface area contributed by atoms with Gasteiger partial charge in [0.05, 0.1) is 5.60 Å². The van der Waals surface area contributed by atoms with Crippen molar-refractivity contribution in [3.63, 3.8) is 0 Å². The molecule has 2 rings (SSSR count). The van der Waals surface area contributed by atoms with Crippen molar-refractivity contribution in [1.29, 1.82) is 0 Å². The second-order valence-electron chi connectivity index (χ2n) is 5.34. The minimum atomic E-state index is -0.929. The van der Waals surface area contributed by atoms with Gasteiger partial charge in [0.15, 0.2) is 5.76 Å². The second-order valence-corrected chi connectivity index (χ2v) is 5.34. The van der Waals surface area contributed by atoms with Crippen LogP contribution in [0, 0.1) is 5.92 Å². The average molecular weight is 261 g/mol. The third kappa shape index (κ3) is 2.96. The summed E-state index contributed by atoms with van der Waals surface area (Å²) in [5, 5.41) is 13.7. The van der Waals surface area contributed by atoms with Crippen molar-refractivity contribution >= 4 is 16.9 Å². The molecule has 4 nitrogen and oxygen atoms in total. The summed E-state index contributed by atoms with van der Waals surface area (Å²) < 4.78 is 5.46. The molecular formula is C15H19NO3. The molecule has 2 N–H and O–H groups in total. The molecule has 1 amide bonds. The summed E-state index contributed by atoms with van der Waals surface area (Å²) in [6, 6.07) is 9.16. The smallest absolute Gasteiger partial charge is 0.287 e. The number of carbonyl (C=O) groups excluding carboxylic acids is 1. The summed E-state index contributed by atoms with van der Waals surface area (Å²) in [4.78, 5) is 12.0. The zero-order valence-electron chi connectivity index (χ0n) is 11.4. The SMILES string of the molecule is CC(C)C(C)(O)CNC(=O)c1cc2ccccc2o1. The summed E-state index contributed by atoms with van der Waals surface area (Å²) in [7, 11) is 0. The molecule has 102 valence electrons. The first kappa shape index (κ1) is 13.6. The van der Waals surface area contributed by atoms with E-state index in [4.69, 9.17) is 4.42 Å². The molecule has 0 bridgehead atoms. The highest BCUT2D eigenvalue weighted by atomic mass is 16.3. The summed E-state index contributed by atoms with van der Waals surface area (Å²) >= 11 is 0. The highest BCUT2D eigenvalue weighted by Gasteiger charge is 2.26. The summed E-state index contributed by atoms with van der Waals surface area (Å²) in [6.45, 7) is 5.72. The van der Waals surface area contributed by atoms with Gasteiger partial charge >= 0.3 is 0 Å². The third-order valence-corrected chi connectivity index (χ3v) is 3.50.